The number of hydrogen-bond donors (Lipinski definition) is 1. The highest BCUT2D eigenvalue weighted by atomic mass is 32.2. The maximum Gasteiger partial charge on any atom is 0.251 e. The van der Waals surface area contributed by atoms with Crippen LogP contribution in [0.2, 0.25) is 0 Å². The molecule has 100 valence electrons. The van der Waals surface area contributed by atoms with Crippen molar-refractivity contribution in [2.75, 3.05) is 0 Å². The van der Waals surface area contributed by atoms with E-state index in [1.807, 2.05) is 0 Å². The van der Waals surface area contributed by atoms with Gasteiger partial charge < -0.3 is 14.9 Å². The fourth-order valence-corrected chi connectivity index (χ4v) is 3.09. The molecule has 0 amide bonds. The summed E-state index contributed by atoms with van der Waals surface area (Å²) < 4.78 is 38.3. The average molecular weight is 283 g/mol. The van der Waals surface area contributed by atoms with E-state index in [4.69, 9.17) is 0 Å². The molecule has 1 aliphatic rings. The maximum absolute atomic E-state index is 11.4. The molecule has 0 fully saturated rings. The highest BCUT2D eigenvalue weighted by Gasteiger charge is 2.37. The second-order valence-corrected chi connectivity index (χ2v) is 5.74. The van der Waals surface area contributed by atoms with Crippen LogP contribution in [0.3, 0.4) is 0 Å². The van der Waals surface area contributed by atoms with E-state index in [2.05, 4.69) is 9.79 Å². The van der Waals surface area contributed by atoms with Gasteiger partial charge in [-0.05, 0) is 28.7 Å². The van der Waals surface area contributed by atoms with Crippen LogP contribution in [0.4, 0.5) is 0 Å². The summed E-state index contributed by atoms with van der Waals surface area (Å²) in [6, 6.07) is 3.89. The molecule has 0 radical (unpaired) electrons. The molecule has 1 aromatic heterocycles. The van der Waals surface area contributed by atoms with E-state index in [9.17, 15) is 23.3 Å². The lowest BCUT2D eigenvalue weighted by Crippen LogP contribution is -2.32. The first kappa shape index (κ1) is 11.9. The molecule has 8 nitrogen and oxygen atoms in total. The third kappa shape index (κ3) is 1.74. The molecule has 0 saturated heterocycles. The van der Waals surface area contributed by atoms with Crippen molar-refractivity contribution in [1.29, 1.82) is 0 Å². The summed E-state index contributed by atoms with van der Waals surface area (Å²) in [7, 11) is -4.68. The van der Waals surface area contributed by atoms with E-state index >= 15 is 0 Å². The standard InChI is InChI=1S/C10H8N2O6S/c13-5-1-2-6-7(3-5)9(19(15,16)17)4-8-10(6)11-18-12(8)14/h1-3,9,13H,4H2,(H,15,16,17)/p-1. The van der Waals surface area contributed by atoms with Crippen LogP contribution in [0.15, 0.2) is 22.8 Å². The SMILES string of the molecule is O=S(=O)([O-])C1Cc2c(no[n+]2[O-])-c2ccc(O)cc21. The van der Waals surface area contributed by atoms with Gasteiger partial charge in [0.05, 0.1) is 5.25 Å². The zero-order valence-electron chi connectivity index (χ0n) is 9.31. The van der Waals surface area contributed by atoms with Crippen LogP contribution < -0.4 is 4.90 Å². The van der Waals surface area contributed by atoms with Gasteiger partial charge in [0.2, 0.25) is 5.69 Å². The lowest BCUT2D eigenvalue weighted by atomic mass is 9.91. The number of hydrogen-bond acceptors (Lipinski definition) is 7. The first-order valence-corrected chi connectivity index (χ1v) is 6.71. The van der Waals surface area contributed by atoms with E-state index in [0.717, 1.165) is 0 Å². The molecule has 1 aromatic carbocycles. The summed E-state index contributed by atoms with van der Waals surface area (Å²) in [5.41, 5.74) is 0.589. The minimum atomic E-state index is -4.68. The predicted octanol–water partition coefficient (Wildman–Crippen LogP) is -0.177. The number of phenols is 1. The van der Waals surface area contributed by atoms with Gasteiger partial charge in [-0.25, -0.2) is 8.42 Å². The molecule has 1 heterocycles. The number of phenolic OH excluding ortho intramolecular Hbond substituents is 1. The van der Waals surface area contributed by atoms with Crippen molar-refractivity contribution in [2.45, 2.75) is 11.7 Å². The molecule has 2 aromatic rings. The zero-order valence-corrected chi connectivity index (χ0v) is 10.1. The van der Waals surface area contributed by atoms with Gasteiger partial charge in [-0.15, -0.1) is 0 Å². The second-order valence-electron chi connectivity index (χ2n) is 4.18. The minimum Gasteiger partial charge on any atom is -0.747 e. The van der Waals surface area contributed by atoms with Crippen molar-refractivity contribution in [3.8, 4) is 17.0 Å². The number of fused-ring (bicyclic) bond motifs is 3. The van der Waals surface area contributed by atoms with Crippen molar-refractivity contribution in [2.24, 2.45) is 0 Å². The Morgan fingerprint density at radius 3 is 2.89 bits per heavy atom. The molecule has 1 aliphatic carbocycles. The lowest BCUT2D eigenvalue weighted by Gasteiger charge is -2.24. The summed E-state index contributed by atoms with van der Waals surface area (Å²) in [5.74, 6) is -0.172. The van der Waals surface area contributed by atoms with Crippen LogP contribution in [-0.2, 0) is 16.5 Å². The van der Waals surface area contributed by atoms with Gasteiger partial charge in [-0.2, -0.15) is 0 Å². The monoisotopic (exact) mass is 283 g/mol. The van der Waals surface area contributed by atoms with E-state index < -0.39 is 15.4 Å². The maximum atomic E-state index is 11.4. The van der Waals surface area contributed by atoms with Gasteiger partial charge in [-0.1, -0.05) is 0 Å². The Labute approximate surface area is 107 Å². The quantitative estimate of drug-likeness (QED) is 0.567. The summed E-state index contributed by atoms with van der Waals surface area (Å²) in [4.78, 5) is 0.0866. The first-order chi connectivity index (χ1) is 8.88. The smallest absolute Gasteiger partial charge is 0.251 e. The molecule has 0 bridgehead atoms. The number of nitrogens with zero attached hydrogens (tertiary/aromatic N) is 2. The first-order valence-electron chi connectivity index (χ1n) is 5.24. The fourth-order valence-electron chi connectivity index (χ4n) is 2.22. The number of benzene rings is 1. The largest absolute Gasteiger partial charge is 0.747 e. The third-order valence-corrected chi connectivity index (χ3v) is 4.18. The normalized spacial score (nSPS) is 17.8. The molecule has 1 N–H and O–H groups in total. The molecule has 3 rings (SSSR count). The van der Waals surface area contributed by atoms with Crippen LogP contribution in [-0.4, -0.2) is 23.2 Å². The van der Waals surface area contributed by atoms with Gasteiger partial charge in [0, 0.05) is 17.1 Å². The van der Waals surface area contributed by atoms with Crippen LogP contribution in [0.5, 0.6) is 5.75 Å². The zero-order chi connectivity index (χ0) is 13.8. The Hall–Kier alpha value is -2.13. The summed E-state index contributed by atoms with van der Waals surface area (Å²) in [6.07, 6.45) is -0.329. The Kier molecular flexibility index (Phi) is 2.31. The summed E-state index contributed by atoms with van der Waals surface area (Å²) in [6.45, 7) is 0. The van der Waals surface area contributed by atoms with Crippen LogP contribution >= 0.6 is 0 Å². The predicted molar refractivity (Wildman–Crippen MR) is 58.7 cm³/mol. The minimum absolute atomic E-state index is 0.0115. The lowest BCUT2D eigenvalue weighted by molar-refractivity contribution is -0.807. The van der Waals surface area contributed by atoms with E-state index in [0.29, 0.717) is 5.56 Å². The van der Waals surface area contributed by atoms with E-state index in [-0.39, 0.29) is 34.0 Å². The van der Waals surface area contributed by atoms with Crippen LogP contribution in [0.25, 0.3) is 11.3 Å². The molecule has 0 aliphatic heterocycles. The second kappa shape index (κ2) is 3.68. The Morgan fingerprint density at radius 2 is 2.21 bits per heavy atom. The number of aromatic hydroxyl groups is 1. The van der Waals surface area contributed by atoms with Gasteiger partial charge in [0.1, 0.15) is 15.9 Å². The van der Waals surface area contributed by atoms with E-state index in [1.54, 1.807) is 0 Å². The third-order valence-electron chi connectivity index (χ3n) is 3.06. The van der Waals surface area contributed by atoms with Crippen molar-refractivity contribution in [1.82, 2.24) is 5.16 Å². The van der Waals surface area contributed by atoms with Gasteiger partial charge >= 0.3 is 0 Å². The highest BCUT2D eigenvalue weighted by Crippen LogP contribution is 2.41. The molecule has 19 heavy (non-hydrogen) atoms. The van der Waals surface area contributed by atoms with Crippen molar-refractivity contribution < 1.29 is 27.6 Å². The molecular formula is C10H7N2O6S-. The van der Waals surface area contributed by atoms with Crippen LogP contribution in [0.1, 0.15) is 16.5 Å². The average Bonchev–Trinajstić information content (AvgIpc) is 2.68. The Bertz CT molecular complexity index is 766. The van der Waals surface area contributed by atoms with Gasteiger partial charge in [0.15, 0.2) is 0 Å². The van der Waals surface area contributed by atoms with Crippen molar-refractivity contribution in [3.63, 3.8) is 0 Å². The highest BCUT2D eigenvalue weighted by molar-refractivity contribution is 7.86. The van der Waals surface area contributed by atoms with Crippen LogP contribution in [0, 0.1) is 5.21 Å². The topological polar surface area (TPSA) is 130 Å². The van der Waals surface area contributed by atoms with E-state index in [1.165, 1.54) is 18.2 Å². The Balaban J connectivity index is 2.32. The molecule has 0 spiro atoms. The Morgan fingerprint density at radius 1 is 1.47 bits per heavy atom. The molecular weight excluding hydrogens is 276 g/mol. The molecule has 1 unspecified atom stereocenters. The molecule has 1 atom stereocenters. The number of aromatic nitrogens is 2. The summed E-state index contributed by atoms with van der Waals surface area (Å²) in [5, 5.41) is 22.9. The van der Waals surface area contributed by atoms with Gasteiger partial charge in [-0.3, -0.25) is 4.63 Å². The number of rotatable bonds is 1. The van der Waals surface area contributed by atoms with Crippen molar-refractivity contribution in [3.05, 3.63) is 34.7 Å². The molecule has 9 heteroatoms. The van der Waals surface area contributed by atoms with Crippen molar-refractivity contribution >= 4 is 10.1 Å². The molecule has 0 saturated carbocycles. The fraction of sp³-hybridized carbons (Fsp3) is 0.200. The summed E-state index contributed by atoms with van der Waals surface area (Å²) >= 11 is 0. The van der Waals surface area contributed by atoms with Gasteiger partial charge in [0.25, 0.3) is 5.69 Å².